The summed E-state index contributed by atoms with van der Waals surface area (Å²) in [6, 6.07) is 17.6. The second-order valence-electron chi connectivity index (χ2n) is 8.82. The number of aromatic nitrogens is 4. The van der Waals surface area contributed by atoms with Crippen LogP contribution in [0.2, 0.25) is 0 Å². The molecule has 4 rings (SSSR count). The Balaban J connectivity index is 1.19. The van der Waals surface area contributed by atoms with E-state index >= 15 is 0 Å². The molecule has 12 heteroatoms. The Labute approximate surface area is 222 Å². The molecule has 10 nitrogen and oxygen atoms in total. The normalized spacial score (nSPS) is 11.1. The molecule has 0 spiro atoms. The molecule has 192 valence electrons. The van der Waals surface area contributed by atoms with E-state index in [-0.39, 0.29) is 5.41 Å². The van der Waals surface area contributed by atoms with Gasteiger partial charge in [0.05, 0.1) is 0 Å². The lowest BCUT2D eigenvalue weighted by molar-refractivity contribution is 0.214. The van der Waals surface area contributed by atoms with E-state index in [0.717, 1.165) is 35.7 Å². The number of rotatable bonds is 10. The van der Waals surface area contributed by atoms with Crippen molar-refractivity contribution < 1.29 is 19.1 Å². The number of nitrogens with one attached hydrogen (secondary N) is 2. The van der Waals surface area contributed by atoms with Crippen molar-refractivity contribution in [2.24, 2.45) is 5.41 Å². The minimum Gasteiger partial charge on any atom is -0.410 e. The number of aryl methyl sites for hydroxylation is 2. The third-order valence-electron chi connectivity index (χ3n) is 5.29. The van der Waals surface area contributed by atoms with Crippen molar-refractivity contribution >= 4 is 45.1 Å². The van der Waals surface area contributed by atoms with Crippen LogP contribution in [0, 0.1) is 5.41 Å². The SMILES string of the molecule is CC(C)(CCc1nnc(NC(=O)Oc2ccccc2)s1)CCc1nnc(NC(=O)Oc2ccccc2)s1. The van der Waals surface area contributed by atoms with Crippen LogP contribution in [0.25, 0.3) is 0 Å². The molecular weight excluding hydrogens is 512 g/mol. The third-order valence-corrected chi connectivity index (χ3v) is 7.09. The first-order chi connectivity index (χ1) is 17.8. The summed E-state index contributed by atoms with van der Waals surface area (Å²) in [7, 11) is 0. The molecule has 0 radical (unpaired) electrons. The number of ether oxygens (including phenoxy) is 2. The number of para-hydroxylation sites is 2. The van der Waals surface area contributed by atoms with E-state index in [0.29, 0.717) is 21.8 Å². The summed E-state index contributed by atoms with van der Waals surface area (Å²) in [6.07, 6.45) is 2.01. The van der Waals surface area contributed by atoms with Crippen molar-refractivity contribution in [3.05, 3.63) is 70.7 Å². The standard InChI is InChI=1S/C25H26N6O4S2/c1-25(2,15-13-19-28-30-21(36-19)26-23(32)34-17-9-5-3-6-10-17)16-14-20-29-31-22(37-20)27-24(33)35-18-11-7-4-8-12-18/h3-12H,13-16H2,1-2H3,(H,26,30,32)(H,27,31,33). The highest BCUT2D eigenvalue weighted by atomic mass is 32.1. The summed E-state index contributed by atoms with van der Waals surface area (Å²) in [5.41, 5.74) is 0.0109. The monoisotopic (exact) mass is 538 g/mol. The summed E-state index contributed by atoms with van der Waals surface area (Å²) in [5.74, 6) is 0.911. The van der Waals surface area contributed by atoms with Gasteiger partial charge in [-0.15, -0.1) is 20.4 Å². The largest absolute Gasteiger partial charge is 0.418 e. The fourth-order valence-electron chi connectivity index (χ4n) is 3.24. The number of nitrogens with zero attached hydrogens (tertiary/aromatic N) is 4. The number of carbonyl (C=O) groups excluding carboxylic acids is 2. The second kappa shape index (κ2) is 12.4. The predicted octanol–water partition coefficient (Wildman–Crippen LogP) is 6.20. The quantitative estimate of drug-likeness (QED) is 0.244. The van der Waals surface area contributed by atoms with Crippen LogP contribution in [0.1, 0.15) is 36.7 Å². The molecular formula is C25H26N6O4S2. The van der Waals surface area contributed by atoms with E-state index in [1.165, 1.54) is 22.7 Å². The maximum atomic E-state index is 12.0. The molecule has 0 saturated heterocycles. The molecule has 2 amide bonds. The second-order valence-corrected chi connectivity index (χ2v) is 10.9. The third kappa shape index (κ3) is 8.62. The lowest BCUT2D eigenvalue weighted by Crippen LogP contribution is -2.16. The van der Waals surface area contributed by atoms with Crippen LogP contribution in [0.3, 0.4) is 0 Å². The van der Waals surface area contributed by atoms with Gasteiger partial charge in [-0.2, -0.15) is 0 Å². The number of hydrogen-bond acceptors (Lipinski definition) is 10. The average molecular weight is 539 g/mol. The van der Waals surface area contributed by atoms with Gasteiger partial charge in [0.1, 0.15) is 21.5 Å². The van der Waals surface area contributed by atoms with Crippen molar-refractivity contribution in [3.63, 3.8) is 0 Å². The van der Waals surface area contributed by atoms with Crippen molar-refractivity contribution in [2.45, 2.75) is 39.5 Å². The minimum atomic E-state index is -0.603. The summed E-state index contributed by atoms with van der Waals surface area (Å²) in [5, 5.41) is 24.1. The van der Waals surface area contributed by atoms with Crippen LogP contribution in [-0.2, 0) is 12.8 Å². The van der Waals surface area contributed by atoms with E-state index in [1.807, 2.05) is 12.1 Å². The van der Waals surface area contributed by atoms with Gasteiger partial charge in [-0.3, -0.25) is 10.6 Å². The zero-order chi connectivity index (χ0) is 26.1. The summed E-state index contributed by atoms with van der Waals surface area (Å²) < 4.78 is 10.4. The van der Waals surface area contributed by atoms with E-state index in [2.05, 4.69) is 44.9 Å². The Morgan fingerprint density at radius 1 is 0.703 bits per heavy atom. The van der Waals surface area contributed by atoms with Gasteiger partial charge < -0.3 is 9.47 Å². The Kier molecular flexibility index (Phi) is 8.75. The van der Waals surface area contributed by atoms with Crippen LogP contribution in [0.4, 0.5) is 19.9 Å². The Morgan fingerprint density at radius 3 is 1.51 bits per heavy atom. The highest BCUT2D eigenvalue weighted by Gasteiger charge is 2.21. The van der Waals surface area contributed by atoms with Crippen molar-refractivity contribution in [1.82, 2.24) is 20.4 Å². The predicted molar refractivity (Wildman–Crippen MR) is 142 cm³/mol. The maximum absolute atomic E-state index is 12.0. The van der Waals surface area contributed by atoms with Gasteiger partial charge in [-0.25, -0.2) is 9.59 Å². The fraction of sp³-hybridized carbons (Fsp3) is 0.280. The molecule has 2 aromatic heterocycles. The first-order valence-electron chi connectivity index (χ1n) is 11.6. The van der Waals surface area contributed by atoms with Crippen LogP contribution in [0.15, 0.2) is 60.7 Å². The van der Waals surface area contributed by atoms with Crippen LogP contribution < -0.4 is 20.1 Å². The molecule has 4 aromatic rings. The molecule has 37 heavy (non-hydrogen) atoms. The molecule has 0 fully saturated rings. The van der Waals surface area contributed by atoms with Crippen LogP contribution in [-0.4, -0.2) is 32.6 Å². The maximum Gasteiger partial charge on any atom is 0.418 e. The van der Waals surface area contributed by atoms with E-state index in [1.54, 1.807) is 48.5 Å². The molecule has 0 aliphatic carbocycles. The number of hydrogen-bond donors (Lipinski definition) is 2. The van der Waals surface area contributed by atoms with Gasteiger partial charge in [-0.1, -0.05) is 72.9 Å². The van der Waals surface area contributed by atoms with Gasteiger partial charge in [0, 0.05) is 12.8 Å². The molecule has 0 saturated carbocycles. The smallest absolute Gasteiger partial charge is 0.410 e. The van der Waals surface area contributed by atoms with Crippen LogP contribution in [0.5, 0.6) is 11.5 Å². The van der Waals surface area contributed by atoms with Gasteiger partial charge in [-0.05, 0) is 42.5 Å². The highest BCUT2D eigenvalue weighted by molar-refractivity contribution is 7.15. The first-order valence-corrected chi connectivity index (χ1v) is 13.2. The Bertz CT molecular complexity index is 1210. The number of amides is 2. The number of carbonyl (C=O) groups is 2. The molecule has 0 aliphatic rings. The highest BCUT2D eigenvalue weighted by Crippen LogP contribution is 2.31. The van der Waals surface area contributed by atoms with E-state index < -0.39 is 12.2 Å². The van der Waals surface area contributed by atoms with Crippen molar-refractivity contribution in [1.29, 1.82) is 0 Å². The molecule has 2 aromatic carbocycles. The van der Waals surface area contributed by atoms with Gasteiger partial charge in [0.2, 0.25) is 10.3 Å². The van der Waals surface area contributed by atoms with Crippen LogP contribution >= 0.6 is 22.7 Å². The zero-order valence-corrected chi connectivity index (χ0v) is 22.0. The summed E-state index contributed by atoms with van der Waals surface area (Å²) in [6.45, 7) is 4.36. The first kappa shape index (κ1) is 26.2. The Morgan fingerprint density at radius 2 is 1.11 bits per heavy atom. The lowest BCUT2D eigenvalue weighted by atomic mass is 9.83. The van der Waals surface area contributed by atoms with E-state index in [9.17, 15) is 9.59 Å². The molecule has 2 heterocycles. The van der Waals surface area contributed by atoms with Gasteiger partial charge >= 0.3 is 12.2 Å². The average Bonchev–Trinajstić information content (AvgIpc) is 3.52. The Hall–Kier alpha value is -3.90. The molecule has 2 N–H and O–H groups in total. The lowest BCUT2D eigenvalue weighted by Gasteiger charge is -2.23. The molecule has 0 atom stereocenters. The van der Waals surface area contributed by atoms with E-state index in [4.69, 9.17) is 9.47 Å². The number of anilines is 2. The van der Waals surface area contributed by atoms with Crippen molar-refractivity contribution in [3.8, 4) is 11.5 Å². The minimum absolute atomic E-state index is 0.0109. The van der Waals surface area contributed by atoms with Crippen molar-refractivity contribution in [2.75, 3.05) is 10.6 Å². The van der Waals surface area contributed by atoms with Gasteiger partial charge in [0.25, 0.3) is 0 Å². The molecule has 0 unspecified atom stereocenters. The topological polar surface area (TPSA) is 128 Å². The van der Waals surface area contributed by atoms with Gasteiger partial charge in [0.15, 0.2) is 0 Å². The zero-order valence-electron chi connectivity index (χ0n) is 20.3. The summed E-state index contributed by atoms with van der Waals surface area (Å²) in [4.78, 5) is 24.1. The molecule has 0 bridgehead atoms. The summed E-state index contributed by atoms with van der Waals surface area (Å²) >= 11 is 2.66. The number of benzene rings is 2. The fourth-order valence-corrected chi connectivity index (χ4v) is 4.69. The molecule has 0 aliphatic heterocycles.